The van der Waals surface area contributed by atoms with Gasteiger partial charge in [-0.2, -0.15) is 0 Å². The molecule has 1 unspecified atom stereocenters. The molecule has 1 atom stereocenters. The molecule has 0 heterocycles. The molecule has 0 amide bonds. The van der Waals surface area contributed by atoms with Crippen LogP contribution in [0.1, 0.15) is 47.0 Å². The second-order valence-corrected chi connectivity index (χ2v) is 6.98. The van der Waals surface area contributed by atoms with Crippen LogP contribution in [0.5, 0.6) is 0 Å². The van der Waals surface area contributed by atoms with Crippen LogP contribution < -0.4 is 10.5 Å². The van der Waals surface area contributed by atoms with Crippen molar-refractivity contribution in [2.24, 2.45) is 11.7 Å². The van der Waals surface area contributed by atoms with Gasteiger partial charge >= 0.3 is 0 Å². The number of rotatable bonds is 8. The van der Waals surface area contributed by atoms with E-state index < -0.39 is 15.6 Å². The predicted octanol–water partition coefficient (Wildman–Crippen LogP) is 1.89. The van der Waals surface area contributed by atoms with E-state index in [2.05, 4.69) is 18.6 Å². The second kappa shape index (κ2) is 8.29. The molecule has 0 aliphatic carbocycles. The molecule has 106 valence electrons. The minimum Gasteiger partial charge on any atom is -0.329 e. The Hall–Kier alpha value is 0.160. The summed E-state index contributed by atoms with van der Waals surface area (Å²) in [6.07, 6.45) is 2.33. The topological polar surface area (TPSA) is 72.2 Å². The SMILES string of the molecule is CCCCS(=O)(=O)NC(C)(CN)CC(C)C.Cl. The van der Waals surface area contributed by atoms with Gasteiger partial charge in [0.2, 0.25) is 10.0 Å². The van der Waals surface area contributed by atoms with E-state index in [4.69, 9.17) is 5.73 Å². The summed E-state index contributed by atoms with van der Waals surface area (Å²) in [5.74, 6) is 0.611. The van der Waals surface area contributed by atoms with Crippen molar-refractivity contribution < 1.29 is 8.42 Å². The third-order valence-corrected chi connectivity index (χ3v) is 4.11. The zero-order valence-electron chi connectivity index (χ0n) is 11.3. The molecule has 17 heavy (non-hydrogen) atoms. The van der Waals surface area contributed by atoms with E-state index >= 15 is 0 Å². The Kier molecular flexibility index (Phi) is 9.51. The maximum Gasteiger partial charge on any atom is 0.212 e. The highest BCUT2D eigenvalue weighted by molar-refractivity contribution is 7.89. The molecule has 0 bridgehead atoms. The molecule has 6 heteroatoms. The number of halogens is 1. The quantitative estimate of drug-likeness (QED) is 0.716. The molecule has 0 aromatic rings. The molecule has 4 nitrogen and oxygen atoms in total. The lowest BCUT2D eigenvalue weighted by molar-refractivity contribution is 0.344. The number of unbranched alkanes of at least 4 members (excludes halogenated alkanes) is 1. The molecule has 0 rings (SSSR count). The predicted molar refractivity (Wildman–Crippen MR) is 76.0 cm³/mol. The fourth-order valence-corrected chi connectivity index (χ4v) is 3.52. The van der Waals surface area contributed by atoms with Crippen molar-refractivity contribution in [2.75, 3.05) is 12.3 Å². The lowest BCUT2D eigenvalue weighted by atomic mass is 9.92. The molecular formula is C11H27ClN2O2S. The second-order valence-electron chi connectivity index (χ2n) is 5.14. The highest BCUT2D eigenvalue weighted by atomic mass is 35.5. The van der Waals surface area contributed by atoms with Crippen LogP contribution in [-0.4, -0.2) is 26.3 Å². The van der Waals surface area contributed by atoms with Gasteiger partial charge in [-0.25, -0.2) is 13.1 Å². The van der Waals surface area contributed by atoms with E-state index in [1.807, 2.05) is 13.8 Å². The number of nitrogens with two attached hydrogens (primary N) is 1. The van der Waals surface area contributed by atoms with Gasteiger partial charge in [0, 0.05) is 12.1 Å². The van der Waals surface area contributed by atoms with Crippen LogP contribution >= 0.6 is 12.4 Å². The maximum absolute atomic E-state index is 11.8. The Bertz CT molecular complexity index is 294. The van der Waals surface area contributed by atoms with E-state index in [-0.39, 0.29) is 18.2 Å². The van der Waals surface area contributed by atoms with E-state index in [0.717, 1.165) is 12.8 Å². The van der Waals surface area contributed by atoms with Crippen LogP contribution in [0.2, 0.25) is 0 Å². The van der Waals surface area contributed by atoms with Gasteiger partial charge in [-0.05, 0) is 25.7 Å². The van der Waals surface area contributed by atoms with Gasteiger partial charge in [-0.1, -0.05) is 27.2 Å². The van der Waals surface area contributed by atoms with Crippen LogP contribution in [-0.2, 0) is 10.0 Å². The first-order chi connectivity index (χ1) is 7.24. The largest absolute Gasteiger partial charge is 0.329 e. The first-order valence-electron chi connectivity index (χ1n) is 5.96. The van der Waals surface area contributed by atoms with Gasteiger partial charge in [0.1, 0.15) is 0 Å². The van der Waals surface area contributed by atoms with Crippen molar-refractivity contribution in [3.8, 4) is 0 Å². The summed E-state index contributed by atoms with van der Waals surface area (Å²) >= 11 is 0. The van der Waals surface area contributed by atoms with Gasteiger partial charge in [0.25, 0.3) is 0 Å². The number of hydrogen-bond acceptors (Lipinski definition) is 3. The lowest BCUT2D eigenvalue weighted by Gasteiger charge is -2.30. The average Bonchev–Trinajstić information content (AvgIpc) is 2.12. The van der Waals surface area contributed by atoms with E-state index in [0.29, 0.717) is 18.9 Å². The Balaban J connectivity index is 0. The van der Waals surface area contributed by atoms with Crippen molar-refractivity contribution in [3.05, 3.63) is 0 Å². The Morgan fingerprint density at radius 2 is 1.88 bits per heavy atom. The Morgan fingerprint density at radius 3 is 2.24 bits per heavy atom. The first-order valence-corrected chi connectivity index (χ1v) is 7.61. The van der Waals surface area contributed by atoms with Crippen molar-refractivity contribution in [3.63, 3.8) is 0 Å². The fourth-order valence-electron chi connectivity index (χ4n) is 1.83. The zero-order chi connectivity index (χ0) is 12.8. The molecule has 0 radical (unpaired) electrons. The van der Waals surface area contributed by atoms with Gasteiger partial charge in [-0.3, -0.25) is 0 Å². The third kappa shape index (κ3) is 8.83. The highest BCUT2D eigenvalue weighted by Crippen LogP contribution is 2.16. The number of nitrogens with one attached hydrogen (secondary N) is 1. The molecule has 0 aromatic carbocycles. The third-order valence-electron chi connectivity index (χ3n) is 2.48. The van der Waals surface area contributed by atoms with E-state index in [1.54, 1.807) is 0 Å². The molecule has 3 N–H and O–H groups in total. The minimum absolute atomic E-state index is 0. The monoisotopic (exact) mass is 286 g/mol. The van der Waals surface area contributed by atoms with Crippen LogP contribution in [0, 0.1) is 5.92 Å². The molecule has 0 aliphatic heterocycles. The molecule has 0 saturated carbocycles. The maximum atomic E-state index is 11.8. The summed E-state index contributed by atoms with van der Waals surface area (Å²) in [6.45, 7) is 8.31. The highest BCUT2D eigenvalue weighted by Gasteiger charge is 2.28. The summed E-state index contributed by atoms with van der Waals surface area (Å²) in [5.41, 5.74) is 5.15. The summed E-state index contributed by atoms with van der Waals surface area (Å²) in [7, 11) is -3.19. The van der Waals surface area contributed by atoms with E-state index in [1.165, 1.54) is 0 Å². The minimum atomic E-state index is -3.19. The molecule has 0 aromatic heterocycles. The van der Waals surface area contributed by atoms with Gasteiger partial charge in [0.05, 0.1) is 5.75 Å². The normalized spacial score (nSPS) is 15.4. The smallest absolute Gasteiger partial charge is 0.212 e. The standard InChI is InChI=1S/C11H26N2O2S.ClH/c1-5-6-7-16(14,15)13-11(4,9-12)8-10(2)3;/h10,13H,5-9,12H2,1-4H3;1H. The van der Waals surface area contributed by atoms with Crippen molar-refractivity contribution >= 4 is 22.4 Å². The van der Waals surface area contributed by atoms with Crippen LogP contribution in [0.4, 0.5) is 0 Å². The van der Waals surface area contributed by atoms with Crippen LogP contribution in [0.25, 0.3) is 0 Å². The fraction of sp³-hybridized carbons (Fsp3) is 1.00. The molecule has 0 fully saturated rings. The lowest BCUT2D eigenvalue weighted by Crippen LogP contribution is -2.52. The summed E-state index contributed by atoms with van der Waals surface area (Å²) in [4.78, 5) is 0. The Labute approximate surface area is 112 Å². The van der Waals surface area contributed by atoms with Crippen molar-refractivity contribution in [1.82, 2.24) is 4.72 Å². The van der Waals surface area contributed by atoms with Gasteiger partial charge < -0.3 is 5.73 Å². The molecule has 0 saturated heterocycles. The van der Waals surface area contributed by atoms with Crippen LogP contribution in [0.15, 0.2) is 0 Å². The zero-order valence-corrected chi connectivity index (χ0v) is 13.0. The van der Waals surface area contributed by atoms with Crippen molar-refractivity contribution in [2.45, 2.75) is 52.5 Å². The summed E-state index contributed by atoms with van der Waals surface area (Å²) in [5, 5.41) is 0. The Morgan fingerprint density at radius 1 is 1.35 bits per heavy atom. The average molecular weight is 287 g/mol. The number of sulfonamides is 1. The first kappa shape index (κ1) is 19.5. The van der Waals surface area contributed by atoms with Crippen molar-refractivity contribution in [1.29, 1.82) is 0 Å². The number of hydrogen-bond donors (Lipinski definition) is 2. The molecule has 0 spiro atoms. The van der Waals surface area contributed by atoms with Crippen LogP contribution in [0.3, 0.4) is 0 Å². The molecular weight excluding hydrogens is 260 g/mol. The summed E-state index contributed by atoms with van der Waals surface area (Å²) in [6, 6.07) is 0. The van der Waals surface area contributed by atoms with Gasteiger partial charge in [0.15, 0.2) is 0 Å². The van der Waals surface area contributed by atoms with E-state index in [9.17, 15) is 8.42 Å². The van der Waals surface area contributed by atoms with Gasteiger partial charge in [-0.15, -0.1) is 12.4 Å². The molecule has 0 aliphatic rings. The summed E-state index contributed by atoms with van der Waals surface area (Å²) < 4.78 is 26.3.